The summed E-state index contributed by atoms with van der Waals surface area (Å²) in [5.41, 5.74) is 2.56. The van der Waals surface area contributed by atoms with Gasteiger partial charge in [-0.25, -0.2) is 13.4 Å². The number of thiazole rings is 1. The Morgan fingerprint density at radius 1 is 1.22 bits per heavy atom. The highest BCUT2D eigenvalue weighted by Gasteiger charge is 2.11. The Kier molecular flexibility index (Phi) is 3.41. The summed E-state index contributed by atoms with van der Waals surface area (Å²) in [4.78, 5) is 4.39. The van der Waals surface area contributed by atoms with Gasteiger partial charge in [0, 0.05) is 18.0 Å². The molecule has 2 rings (SSSR count). The quantitative estimate of drug-likeness (QED) is 0.869. The number of aromatic nitrogens is 1. The number of sulfonamides is 1. The summed E-state index contributed by atoms with van der Waals surface area (Å²) >= 11 is 1.60. The Bertz CT molecular complexity index is 645. The maximum absolute atomic E-state index is 11.4. The molecule has 0 spiro atoms. The molecule has 1 aromatic heterocycles. The van der Waals surface area contributed by atoms with Gasteiger partial charge in [0.1, 0.15) is 0 Å². The largest absolute Gasteiger partial charge is 0.274 e. The lowest BCUT2D eigenvalue weighted by Gasteiger charge is -2.16. The number of nitrogens with zero attached hydrogens (tertiary/aromatic N) is 2. The second-order valence-corrected chi connectivity index (χ2v) is 7.11. The Hall–Kier alpha value is -1.40. The molecular formula is C12H14N2O2S2. The molecule has 0 saturated carbocycles. The minimum atomic E-state index is -3.21. The van der Waals surface area contributed by atoms with Crippen LogP contribution in [0.3, 0.4) is 0 Å². The van der Waals surface area contributed by atoms with E-state index in [0.29, 0.717) is 5.69 Å². The Morgan fingerprint density at radius 2 is 1.83 bits per heavy atom. The molecule has 0 radical (unpaired) electrons. The molecule has 0 N–H and O–H groups in total. The number of hydrogen-bond acceptors (Lipinski definition) is 4. The minimum Gasteiger partial charge on any atom is -0.274 e. The molecule has 1 heterocycles. The average Bonchev–Trinajstić information content (AvgIpc) is 2.74. The Labute approximate surface area is 111 Å². The smallest absolute Gasteiger partial charge is 0.231 e. The molecule has 0 saturated heterocycles. The number of anilines is 1. The van der Waals surface area contributed by atoms with Crippen molar-refractivity contribution in [3.8, 4) is 11.3 Å². The third-order valence-electron chi connectivity index (χ3n) is 2.64. The van der Waals surface area contributed by atoms with Crippen LogP contribution in [0.15, 0.2) is 29.6 Å². The van der Waals surface area contributed by atoms with Crippen LogP contribution in [0.1, 0.15) is 5.01 Å². The van der Waals surface area contributed by atoms with Crippen molar-refractivity contribution < 1.29 is 8.42 Å². The molecule has 0 amide bonds. The van der Waals surface area contributed by atoms with E-state index in [9.17, 15) is 8.42 Å². The first-order chi connectivity index (χ1) is 8.38. The Morgan fingerprint density at radius 3 is 2.28 bits per heavy atom. The topological polar surface area (TPSA) is 50.3 Å². The summed E-state index contributed by atoms with van der Waals surface area (Å²) in [5.74, 6) is 0. The van der Waals surface area contributed by atoms with Crippen LogP contribution in [-0.2, 0) is 10.0 Å². The van der Waals surface area contributed by atoms with Gasteiger partial charge in [0.15, 0.2) is 0 Å². The first kappa shape index (κ1) is 13.0. The molecular weight excluding hydrogens is 268 g/mol. The van der Waals surface area contributed by atoms with E-state index in [1.54, 1.807) is 23.5 Å². The molecule has 0 aliphatic carbocycles. The molecule has 0 fully saturated rings. The monoisotopic (exact) mass is 282 g/mol. The third-order valence-corrected chi connectivity index (χ3v) is 4.62. The lowest BCUT2D eigenvalue weighted by molar-refractivity contribution is 0.600. The molecule has 0 atom stereocenters. The molecule has 0 aliphatic heterocycles. The highest BCUT2D eigenvalue weighted by Crippen LogP contribution is 2.24. The normalized spacial score (nSPS) is 11.5. The first-order valence-electron chi connectivity index (χ1n) is 5.34. The number of rotatable bonds is 3. The van der Waals surface area contributed by atoms with E-state index >= 15 is 0 Å². The third kappa shape index (κ3) is 2.70. The summed E-state index contributed by atoms with van der Waals surface area (Å²) in [6, 6.07) is 7.33. The summed E-state index contributed by atoms with van der Waals surface area (Å²) in [6.45, 7) is 1.96. The molecule has 4 nitrogen and oxygen atoms in total. The van der Waals surface area contributed by atoms with Crippen molar-refractivity contribution in [1.29, 1.82) is 0 Å². The van der Waals surface area contributed by atoms with E-state index in [1.807, 2.05) is 24.4 Å². The van der Waals surface area contributed by atoms with E-state index < -0.39 is 10.0 Å². The van der Waals surface area contributed by atoms with E-state index in [2.05, 4.69) is 4.98 Å². The SMILES string of the molecule is Cc1nc(-c2ccc(N(C)S(C)(=O)=O)cc2)cs1. The second-order valence-electron chi connectivity index (χ2n) is 4.03. The second kappa shape index (κ2) is 4.70. The van der Waals surface area contributed by atoms with Gasteiger partial charge in [-0.1, -0.05) is 12.1 Å². The lowest BCUT2D eigenvalue weighted by atomic mass is 10.1. The zero-order chi connectivity index (χ0) is 13.3. The molecule has 0 bridgehead atoms. The van der Waals surface area contributed by atoms with Crippen LogP contribution in [0, 0.1) is 6.92 Å². The van der Waals surface area contributed by atoms with Crippen molar-refractivity contribution in [2.24, 2.45) is 0 Å². The predicted molar refractivity (Wildman–Crippen MR) is 75.5 cm³/mol. The van der Waals surface area contributed by atoms with Gasteiger partial charge < -0.3 is 0 Å². The van der Waals surface area contributed by atoms with Crippen LogP contribution in [0.5, 0.6) is 0 Å². The van der Waals surface area contributed by atoms with E-state index in [4.69, 9.17) is 0 Å². The highest BCUT2D eigenvalue weighted by atomic mass is 32.2. The average molecular weight is 282 g/mol. The van der Waals surface area contributed by atoms with Crippen molar-refractivity contribution in [3.63, 3.8) is 0 Å². The van der Waals surface area contributed by atoms with Gasteiger partial charge in [-0.05, 0) is 19.1 Å². The zero-order valence-corrected chi connectivity index (χ0v) is 12.0. The van der Waals surface area contributed by atoms with Crippen LogP contribution in [0.4, 0.5) is 5.69 Å². The van der Waals surface area contributed by atoms with Crippen molar-refractivity contribution in [1.82, 2.24) is 4.98 Å². The fraction of sp³-hybridized carbons (Fsp3) is 0.250. The van der Waals surface area contributed by atoms with Gasteiger partial charge in [-0.15, -0.1) is 11.3 Å². The molecule has 96 valence electrons. The van der Waals surface area contributed by atoms with Crippen LogP contribution in [0.2, 0.25) is 0 Å². The van der Waals surface area contributed by atoms with Crippen LogP contribution in [0.25, 0.3) is 11.3 Å². The molecule has 1 aromatic carbocycles. The lowest BCUT2D eigenvalue weighted by Crippen LogP contribution is -2.24. The summed E-state index contributed by atoms with van der Waals surface area (Å²) in [5, 5.41) is 3.01. The van der Waals surface area contributed by atoms with Crippen LogP contribution < -0.4 is 4.31 Å². The maximum atomic E-state index is 11.4. The first-order valence-corrected chi connectivity index (χ1v) is 8.07. The van der Waals surface area contributed by atoms with E-state index in [0.717, 1.165) is 16.3 Å². The molecule has 2 aromatic rings. The van der Waals surface area contributed by atoms with Crippen molar-refractivity contribution in [2.75, 3.05) is 17.6 Å². The number of hydrogen-bond donors (Lipinski definition) is 0. The summed E-state index contributed by atoms with van der Waals surface area (Å²) in [7, 11) is -1.67. The molecule has 0 unspecified atom stereocenters. The molecule has 18 heavy (non-hydrogen) atoms. The number of benzene rings is 1. The molecule has 6 heteroatoms. The van der Waals surface area contributed by atoms with Crippen LogP contribution >= 0.6 is 11.3 Å². The zero-order valence-electron chi connectivity index (χ0n) is 10.4. The van der Waals surface area contributed by atoms with Gasteiger partial charge in [-0.2, -0.15) is 0 Å². The fourth-order valence-corrected chi connectivity index (χ4v) is 2.66. The van der Waals surface area contributed by atoms with Gasteiger partial charge in [0.25, 0.3) is 0 Å². The highest BCUT2D eigenvalue weighted by molar-refractivity contribution is 7.92. The van der Waals surface area contributed by atoms with Gasteiger partial charge in [0.05, 0.1) is 22.6 Å². The fourth-order valence-electron chi connectivity index (χ4n) is 1.53. The summed E-state index contributed by atoms with van der Waals surface area (Å²) in [6.07, 6.45) is 1.19. The Balaban J connectivity index is 2.31. The van der Waals surface area contributed by atoms with Gasteiger partial charge in [0.2, 0.25) is 10.0 Å². The van der Waals surface area contributed by atoms with Crippen LogP contribution in [-0.4, -0.2) is 26.7 Å². The predicted octanol–water partition coefficient (Wildman–Crippen LogP) is 2.51. The van der Waals surface area contributed by atoms with Gasteiger partial charge >= 0.3 is 0 Å². The van der Waals surface area contributed by atoms with Crippen molar-refractivity contribution in [3.05, 3.63) is 34.7 Å². The minimum absolute atomic E-state index is 0.646. The van der Waals surface area contributed by atoms with E-state index in [1.165, 1.54) is 17.6 Å². The van der Waals surface area contributed by atoms with E-state index in [-0.39, 0.29) is 0 Å². The van der Waals surface area contributed by atoms with Crippen molar-refractivity contribution in [2.45, 2.75) is 6.92 Å². The summed E-state index contributed by atoms with van der Waals surface area (Å²) < 4.78 is 24.1. The molecule has 0 aliphatic rings. The number of aryl methyl sites for hydroxylation is 1. The maximum Gasteiger partial charge on any atom is 0.231 e. The van der Waals surface area contributed by atoms with Crippen molar-refractivity contribution >= 4 is 27.0 Å². The standard InChI is InChI=1S/C12H14N2O2S2/c1-9-13-12(8-17-9)10-4-6-11(7-5-10)14(2)18(3,15)16/h4-8H,1-3H3. The van der Waals surface area contributed by atoms with Gasteiger partial charge in [-0.3, -0.25) is 4.31 Å².